The molecule has 0 aromatic carbocycles. The fourth-order valence-electron chi connectivity index (χ4n) is 6.19. The van der Waals surface area contributed by atoms with Gasteiger partial charge in [0.1, 0.15) is 6.17 Å². The standard InChI is InChI=1S/C36H72N2/c1-4-7-10-13-16-18-19-20-21-22-24-27-30-33-38-35-34-37(32-29-26-15-12-9-6-3)36(38)31-28-25-23-17-14-11-8-5-2/h34-36H,4-33H2,1-3H3. The number of hydrogen-bond acceptors (Lipinski definition) is 2. The molecule has 2 heteroatoms. The van der Waals surface area contributed by atoms with E-state index in [1.54, 1.807) is 0 Å². The number of rotatable bonds is 30. The lowest BCUT2D eigenvalue weighted by molar-refractivity contribution is 0.135. The first kappa shape index (κ1) is 35.4. The van der Waals surface area contributed by atoms with Gasteiger partial charge in [-0.1, -0.05) is 175 Å². The molecule has 0 saturated heterocycles. The van der Waals surface area contributed by atoms with Crippen molar-refractivity contribution in [3.63, 3.8) is 0 Å². The third kappa shape index (κ3) is 20.3. The summed E-state index contributed by atoms with van der Waals surface area (Å²) in [6.45, 7) is 9.47. The monoisotopic (exact) mass is 533 g/mol. The minimum atomic E-state index is 0.642. The Kier molecular flexibility index (Phi) is 26.0. The van der Waals surface area contributed by atoms with Crippen molar-refractivity contribution < 1.29 is 0 Å². The van der Waals surface area contributed by atoms with Crippen molar-refractivity contribution in [3.8, 4) is 0 Å². The zero-order valence-electron chi connectivity index (χ0n) is 26.8. The molecule has 0 saturated carbocycles. The normalized spacial score (nSPS) is 15.3. The van der Waals surface area contributed by atoms with E-state index in [4.69, 9.17) is 0 Å². The van der Waals surface area contributed by atoms with Gasteiger partial charge in [-0.3, -0.25) is 0 Å². The number of hydrogen-bond donors (Lipinski definition) is 0. The Bertz CT molecular complexity index is 488. The van der Waals surface area contributed by atoms with Gasteiger partial charge in [0.2, 0.25) is 0 Å². The average molecular weight is 533 g/mol. The summed E-state index contributed by atoms with van der Waals surface area (Å²) in [5, 5.41) is 0. The van der Waals surface area contributed by atoms with Gasteiger partial charge < -0.3 is 9.80 Å². The topological polar surface area (TPSA) is 6.48 Å². The smallest absolute Gasteiger partial charge is 0.101 e. The van der Waals surface area contributed by atoms with Crippen molar-refractivity contribution in [2.45, 2.75) is 207 Å². The summed E-state index contributed by atoms with van der Waals surface area (Å²) >= 11 is 0. The van der Waals surface area contributed by atoms with Crippen LogP contribution in [0.5, 0.6) is 0 Å². The van der Waals surface area contributed by atoms with E-state index in [0.717, 1.165) is 0 Å². The molecule has 38 heavy (non-hydrogen) atoms. The van der Waals surface area contributed by atoms with Crippen molar-refractivity contribution in [2.75, 3.05) is 13.1 Å². The molecule has 1 aliphatic heterocycles. The SMILES string of the molecule is CCCCCCCCCCCCCCCN1C=CN(CCCCCCCC)C1CCCCCCCCCC. The fraction of sp³-hybridized carbons (Fsp3) is 0.944. The molecule has 2 nitrogen and oxygen atoms in total. The molecule has 0 fully saturated rings. The van der Waals surface area contributed by atoms with Crippen LogP contribution in [0.25, 0.3) is 0 Å². The summed E-state index contributed by atoms with van der Waals surface area (Å²) in [5.41, 5.74) is 0. The molecule has 1 rings (SSSR count). The van der Waals surface area contributed by atoms with Gasteiger partial charge in [0, 0.05) is 25.5 Å². The van der Waals surface area contributed by atoms with Crippen LogP contribution < -0.4 is 0 Å². The highest BCUT2D eigenvalue weighted by Gasteiger charge is 2.24. The molecular weight excluding hydrogens is 460 g/mol. The zero-order valence-corrected chi connectivity index (χ0v) is 26.8. The first-order valence-electron chi connectivity index (χ1n) is 18.0. The van der Waals surface area contributed by atoms with Gasteiger partial charge in [-0.2, -0.15) is 0 Å². The van der Waals surface area contributed by atoms with Crippen LogP contribution in [0.15, 0.2) is 12.4 Å². The summed E-state index contributed by atoms with van der Waals surface area (Å²) in [5.74, 6) is 0. The highest BCUT2D eigenvalue weighted by atomic mass is 15.4. The Morgan fingerprint density at radius 2 is 0.605 bits per heavy atom. The van der Waals surface area contributed by atoms with E-state index in [1.807, 2.05) is 0 Å². The van der Waals surface area contributed by atoms with Crippen LogP contribution in [-0.4, -0.2) is 29.1 Å². The quantitative estimate of drug-likeness (QED) is 0.0848. The van der Waals surface area contributed by atoms with Gasteiger partial charge in [-0.25, -0.2) is 0 Å². The number of unbranched alkanes of at least 4 members (excludes halogenated alkanes) is 24. The minimum absolute atomic E-state index is 0.642. The van der Waals surface area contributed by atoms with Crippen LogP contribution in [0.3, 0.4) is 0 Å². The van der Waals surface area contributed by atoms with E-state index < -0.39 is 0 Å². The van der Waals surface area contributed by atoms with E-state index in [9.17, 15) is 0 Å². The predicted octanol–water partition coefficient (Wildman–Crippen LogP) is 12.4. The Morgan fingerprint density at radius 3 is 0.921 bits per heavy atom. The van der Waals surface area contributed by atoms with E-state index in [1.165, 1.54) is 193 Å². The molecule has 0 spiro atoms. The maximum absolute atomic E-state index is 2.71. The summed E-state index contributed by atoms with van der Waals surface area (Å²) in [7, 11) is 0. The minimum Gasteiger partial charge on any atom is -0.356 e. The van der Waals surface area contributed by atoms with Gasteiger partial charge in [-0.05, 0) is 25.7 Å². The van der Waals surface area contributed by atoms with Crippen LogP contribution in [0.4, 0.5) is 0 Å². The largest absolute Gasteiger partial charge is 0.356 e. The lowest BCUT2D eigenvalue weighted by Crippen LogP contribution is -2.39. The van der Waals surface area contributed by atoms with E-state index in [0.29, 0.717) is 6.17 Å². The second kappa shape index (κ2) is 27.9. The first-order chi connectivity index (χ1) is 18.8. The molecule has 0 bridgehead atoms. The molecule has 0 N–H and O–H groups in total. The highest BCUT2D eigenvalue weighted by molar-refractivity contribution is 4.97. The Morgan fingerprint density at radius 1 is 0.342 bits per heavy atom. The molecule has 1 unspecified atom stereocenters. The van der Waals surface area contributed by atoms with Gasteiger partial charge >= 0.3 is 0 Å². The van der Waals surface area contributed by atoms with Crippen molar-refractivity contribution in [2.24, 2.45) is 0 Å². The fourth-order valence-corrected chi connectivity index (χ4v) is 6.19. The molecule has 1 heterocycles. The van der Waals surface area contributed by atoms with Crippen molar-refractivity contribution in [3.05, 3.63) is 12.4 Å². The summed E-state index contributed by atoms with van der Waals surface area (Å²) in [6.07, 6.45) is 45.5. The molecule has 0 aromatic heterocycles. The molecule has 1 atom stereocenters. The Labute approximate surface area is 241 Å². The lowest BCUT2D eigenvalue weighted by atomic mass is 10.0. The van der Waals surface area contributed by atoms with Crippen molar-refractivity contribution in [1.29, 1.82) is 0 Å². The zero-order chi connectivity index (χ0) is 27.4. The van der Waals surface area contributed by atoms with Gasteiger partial charge in [0.25, 0.3) is 0 Å². The van der Waals surface area contributed by atoms with Gasteiger partial charge in [-0.15, -0.1) is 0 Å². The maximum atomic E-state index is 2.71. The van der Waals surface area contributed by atoms with Crippen LogP contribution >= 0.6 is 0 Å². The van der Waals surface area contributed by atoms with E-state index in [-0.39, 0.29) is 0 Å². The Balaban J connectivity index is 2.19. The first-order valence-corrected chi connectivity index (χ1v) is 18.0. The predicted molar refractivity (Wildman–Crippen MR) is 173 cm³/mol. The lowest BCUT2D eigenvalue weighted by Gasteiger charge is -2.33. The van der Waals surface area contributed by atoms with Gasteiger partial charge in [0.05, 0.1) is 0 Å². The third-order valence-corrected chi connectivity index (χ3v) is 8.82. The van der Waals surface area contributed by atoms with Crippen LogP contribution in [-0.2, 0) is 0 Å². The van der Waals surface area contributed by atoms with Crippen LogP contribution in [0, 0.1) is 0 Å². The molecular formula is C36H72N2. The summed E-state index contributed by atoms with van der Waals surface area (Å²) < 4.78 is 0. The molecule has 0 aromatic rings. The third-order valence-electron chi connectivity index (χ3n) is 8.82. The maximum Gasteiger partial charge on any atom is 0.101 e. The summed E-state index contributed by atoms with van der Waals surface area (Å²) in [6, 6.07) is 0. The molecule has 226 valence electrons. The second-order valence-electron chi connectivity index (χ2n) is 12.5. The van der Waals surface area contributed by atoms with Crippen molar-refractivity contribution >= 4 is 0 Å². The molecule has 0 amide bonds. The Hall–Kier alpha value is -0.660. The van der Waals surface area contributed by atoms with E-state index >= 15 is 0 Å². The second-order valence-corrected chi connectivity index (χ2v) is 12.5. The van der Waals surface area contributed by atoms with Crippen molar-refractivity contribution in [1.82, 2.24) is 9.80 Å². The molecule has 0 aliphatic carbocycles. The van der Waals surface area contributed by atoms with E-state index in [2.05, 4.69) is 43.0 Å². The average Bonchev–Trinajstić information content (AvgIpc) is 3.31. The van der Waals surface area contributed by atoms with Crippen LogP contribution in [0.1, 0.15) is 201 Å². The van der Waals surface area contributed by atoms with Gasteiger partial charge in [0.15, 0.2) is 0 Å². The summed E-state index contributed by atoms with van der Waals surface area (Å²) in [4.78, 5) is 5.40. The molecule has 1 aliphatic rings. The highest BCUT2D eigenvalue weighted by Crippen LogP contribution is 2.24. The van der Waals surface area contributed by atoms with Crippen LogP contribution in [0.2, 0.25) is 0 Å². The number of nitrogens with zero attached hydrogens (tertiary/aromatic N) is 2. The molecule has 0 radical (unpaired) electrons.